The Morgan fingerprint density at radius 1 is 1.00 bits per heavy atom. The van der Waals surface area contributed by atoms with Crippen LogP contribution in [-0.2, 0) is 10.0 Å². The fourth-order valence-corrected chi connectivity index (χ4v) is 5.25. The molecule has 0 unspecified atom stereocenters. The molecule has 0 radical (unpaired) electrons. The highest BCUT2D eigenvalue weighted by molar-refractivity contribution is 7.89. The van der Waals surface area contributed by atoms with E-state index in [9.17, 15) is 13.2 Å². The topological polar surface area (TPSA) is 92.3 Å². The van der Waals surface area contributed by atoms with Crippen LogP contribution in [0.15, 0.2) is 65.8 Å². The van der Waals surface area contributed by atoms with E-state index in [1.54, 1.807) is 6.07 Å². The average Bonchev–Trinajstić information content (AvgIpc) is 3.32. The molecule has 1 N–H and O–H groups in total. The van der Waals surface area contributed by atoms with Gasteiger partial charge in [0.2, 0.25) is 10.0 Å². The maximum atomic E-state index is 12.8. The van der Waals surface area contributed by atoms with Crippen molar-refractivity contribution in [1.82, 2.24) is 14.3 Å². The van der Waals surface area contributed by atoms with Gasteiger partial charge in [0.25, 0.3) is 5.91 Å². The van der Waals surface area contributed by atoms with Crippen molar-refractivity contribution < 1.29 is 13.2 Å². The van der Waals surface area contributed by atoms with E-state index in [0.29, 0.717) is 24.6 Å². The Balaban J connectivity index is 1.54. The lowest BCUT2D eigenvalue weighted by Crippen LogP contribution is -2.28. The monoisotopic (exact) mass is 442 g/mol. The van der Waals surface area contributed by atoms with Crippen molar-refractivity contribution in [1.29, 1.82) is 0 Å². The summed E-state index contributed by atoms with van der Waals surface area (Å²) in [5.41, 5.74) is 1.43. The Labute approximate surface area is 179 Å². The number of hydrogen-bond donors (Lipinski definition) is 1. The third-order valence-electron chi connectivity index (χ3n) is 4.82. The highest BCUT2D eigenvalue weighted by Gasteiger charge is 2.29. The van der Waals surface area contributed by atoms with Crippen LogP contribution in [-0.4, -0.2) is 41.7 Å². The lowest BCUT2D eigenvalue weighted by molar-refractivity contribution is 0.102. The first-order valence-electron chi connectivity index (χ1n) is 9.44. The van der Waals surface area contributed by atoms with E-state index in [0.717, 1.165) is 18.4 Å². The fourth-order valence-electron chi connectivity index (χ4n) is 3.23. The van der Waals surface area contributed by atoms with Crippen LogP contribution in [0.4, 0.5) is 5.69 Å². The highest BCUT2D eigenvalue weighted by atomic mass is 35.5. The molecule has 1 aliphatic heterocycles. The van der Waals surface area contributed by atoms with Gasteiger partial charge in [0.15, 0.2) is 5.82 Å². The lowest BCUT2D eigenvalue weighted by atomic mass is 10.2. The molecule has 30 heavy (non-hydrogen) atoms. The number of sulfonamides is 1. The van der Waals surface area contributed by atoms with Gasteiger partial charge in [0.05, 0.1) is 10.6 Å². The molecular weight excluding hydrogens is 424 g/mol. The van der Waals surface area contributed by atoms with Crippen LogP contribution in [0.5, 0.6) is 0 Å². The zero-order valence-corrected chi connectivity index (χ0v) is 17.5. The van der Waals surface area contributed by atoms with Crippen LogP contribution < -0.4 is 5.32 Å². The number of carbonyl (C=O) groups excluding carboxylic acids is 1. The van der Waals surface area contributed by atoms with E-state index in [1.807, 2.05) is 30.3 Å². The summed E-state index contributed by atoms with van der Waals surface area (Å²) in [7, 11) is -3.70. The lowest BCUT2D eigenvalue weighted by Gasteiger charge is -2.17. The molecule has 2 heterocycles. The number of anilines is 1. The largest absolute Gasteiger partial charge is 0.322 e. The number of hydrogen-bond acceptors (Lipinski definition) is 5. The van der Waals surface area contributed by atoms with Gasteiger partial charge >= 0.3 is 0 Å². The van der Waals surface area contributed by atoms with Crippen LogP contribution in [0.2, 0.25) is 5.02 Å². The van der Waals surface area contributed by atoms with Crippen molar-refractivity contribution in [2.24, 2.45) is 0 Å². The standard InChI is InChI=1S/C21H19ClN4O3S/c22-18-9-8-17(12-19(18)30(28,29)26-10-4-5-11-26)25-21(27)16-13-23-20(24-14-16)15-6-2-1-3-7-15/h1-3,6-9,12-14H,4-5,10-11H2,(H,25,27). The molecule has 154 valence electrons. The van der Waals surface area contributed by atoms with Gasteiger partial charge in [-0.25, -0.2) is 18.4 Å². The minimum atomic E-state index is -3.70. The molecular formula is C21H19ClN4O3S. The first-order valence-corrected chi connectivity index (χ1v) is 11.3. The average molecular weight is 443 g/mol. The predicted octanol–water partition coefficient (Wildman–Crippen LogP) is 3.83. The van der Waals surface area contributed by atoms with Crippen molar-refractivity contribution in [3.05, 3.63) is 71.5 Å². The summed E-state index contributed by atoms with van der Waals surface area (Å²) in [5, 5.41) is 2.81. The molecule has 4 rings (SSSR count). The molecule has 1 aromatic heterocycles. The van der Waals surface area contributed by atoms with Gasteiger partial charge in [0, 0.05) is 36.7 Å². The molecule has 1 amide bonds. The van der Waals surface area contributed by atoms with Crippen LogP contribution in [0.3, 0.4) is 0 Å². The first kappa shape index (κ1) is 20.5. The minimum Gasteiger partial charge on any atom is -0.322 e. The predicted molar refractivity (Wildman–Crippen MR) is 115 cm³/mol. The molecule has 9 heteroatoms. The van der Waals surface area contributed by atoms with Crippen LogP contribution >= 0.6 is 11.6 Å². The summed E-state index contributed by atoms with van der Waals surface area (Å²) in [6, 6.07) is 13.8. The zero-order chi connectivity index (χ0) is 21.1. The Morgan fingerprint density at radius 3 is 2.33 bits per heavy atom. The summed E-state index contributed by atoms with van der Waals surface area (Å²) in [6.07, 6.45) is 4.52. The molecule has 7 nitrogen and oxygen atoms in total. The van der Waals surface area contributed by atoms with E-state index < -0.39 is 15.9 Å². The highest BCUT2D eigenvalue weighted by Crippen LogP contribution is 2.29. The smallest absolute Gasteiger partial charge is 0.258 e. The van der Waals surface area contributed by atoms with Gasteiger partial charge in [-0.2, -0.15) is 4.31 Å². The number of nitrogens with zero attached hydrogens (tertiary/aromatic N) is 3. The number of aromatic nitrogens is 2. The number of benzene rings is 2. The van der Waals surface area contributed by atoms with E-state index >= 15 is 0 Å². The Hall–Kier alpha value is -2.81. The van der Waals surface area contributed by atoms with Gasteiger partial charge in [0.1, 0.15) is 4.90 Å². The molecule has 2 aromatic carbocycles. The molecule has 1 aliphatic rings. The Bertz CT molecular complexity index is 1160. The number of halogens is 1. The SMILES string of the molecule is O=C(Nc1ccc(Cl)c(S(=O)(=O)N2CCCC2)c1)c1cnc(-c2ccccc2)nc1. The minimum absolute atomic E-state index is 0.0143. The quantitative estimate of drug-likeness (QED) is 0.648. The molecule has 3 aromatic rings. The normalized spacial score (nSPS) is 14.6. The Morgan fingerprint density at radius 2 is 1.67 bits per heavy atom. The summed E-state index contributed by atoms with van der Waals surface area (Å²) in [5.74, 6) is 0.0686. The van der Waals surface area contributed by atoms with Crippen molar-refractivity contribution in [3.8, 4) is 11.4 Å². The van der Waals surface area contributed by atoms with Crippen LogP contribution in [0.1, 0.15) is 23.2 Å². The maximum absolute atomic E-state index is 12.8. The molecule has 0 bridgehead atoms. The van der Waals surface area contributed by atoms with Gasteiger partial charge in [-0.1, -0.05) is 41.9 Å². The summed E-state index contributed by atoms with van der Waals surface area (Å²) < 4.78 is 27.1. The van der Waals surface area contributed by atoms with Crippen molar-refractivity contribution in [3.63, 3.8) is 0 Å². The van der Waals surface area contributed by atoms with Gasteiger partial charge in [-0.05, 0) is 31.0 Å². The molecule has 0 spiro atoms. The van der Waals surface area contributed by atoms with E-state index in [1.165, 1.54) is 28.8 Å². The number of rotatable bonds is 5. The van der Waals surface area contributed by atoms with Crippen molar-refractivity contribution in [2.75, 3.05) is 18.4 Å². The molecule has 0 aliphatic carbocycles. The second kappa shape index (κ2) is 8.51. The fraction of sp³-hybridized carbons (Fsp3) is 0.190. The first-order chi connectivity index (χ1) is 14.4. The third-order valence-corrected chi connectivity index (χ3v) is 7.20. The van der Waals surface area contributed by atoms with Gasteiger partial charge in [-0.15, -0.1) is 0 Å². The number of amides is 1. The summed E-state index contributed by atoms with van der Waals surface area (Å²) in [4.78, 5) is 21.0. The number of nitrogens with one attached hydrogen (secondary N) is 1. The van der Waals surface area contributed by atoms with Crippen molar-refractivity contribution in [2.45, 2.75) is 17.7 Å². The van der Waals surface area contributed by atoms with Crippen LogP contribution in [0.25, 0.3) is 11.4 Å². The third kappa shape index (κ3) is 4.21. The van der Waals surface area contributed by atoms with Gasteiger partial charge in [-0.3, -0.25) is 4.79 Å². The van der Waals surface area contributed by atoms with Crippen molar-refractivity contribution >= 4 is 33.2 Å². The second-order valence-electron chi connectivity index (χ2n) is 6.87. The molecule has 0 saturated carbocycles. The summed E-state index contributed by atoms with van der Waals surface area (Å²) in [6.45, 7) is 0.945. The van der Waals surface area contributed by atoms with E-state index in [4.69, 9.17) is 11.6 Å². The second-order valence-corrected chi connectivity index (χ2v) is 9.19. The molecule has 1 fully saturated rings. The number of carbonyl (C=O) groups is 1. The van der Waals surface area contributed by atoms with E-state index in [-0.39, 0.29) is 15.5 Å². The maximum Gasteiger partial charge on any atom is 0.258 e. The van der Waals surface area contributed by atoms with Gasteiger partial charge < -0.3 is 5.32 Å². The molecule has 0 atom stereocenters. The van der Waals surface area contributed by atoms with Crippen LogP contribution in [0, 0.1) is 0 Å². The van der Waals surface area contributed by atoms with E-state index in [2.05, 4.69) is 15.3 Å². The summed E-state index contributed by atoms with van der Waals surface area (Å²) >= 11 is 6.15. The zero-order valence-electron chi connectivity index (χ0n) is 16.0. The Kier molecular flexibility index (Phi) is 5.80. The molecule has 1 saturated heterocycles.